The summed E-state index contributed by atoms with van der Waals surface area (Å²) in [6.45, 7) is 3.28. The van der Waals surface area contributed by atoms with Crippen molar-refractivity contribution in [3.8, 4) is 0 Å². The molecular formula is C13H20ClNS. The van der Waals surface area contributed by atoms with Gasteiger partial charge in [0.05, 0.1) is 0 Å². The first-order valence-corrected chi connectivity index (χ1v) is 7.49. The Labute approximate surface area is 108 Å². The van der Waals surface area contributed by atoms with E-state index in [1.807, 2.05) is 23.9 Å². The summed E-state index contributed by atoms with van der Waals surface area (Å²) in [7, 11) is 0. The monoisotopic (exact) mass is 257 g/mol. The fourth-order valence-corrected chi connectivity index (χ4v) is 2.18. The second-order valence-electron chi connectivity index (χ2n) is 3.93. The molecule has 1 N–H and O–H groups in total. The molecule has 0 fully saturated rings. The Kier molecular flexibility index (Phi) is 6.93. The van der Waals surface area contributed by atoms with Crippen molar-refractivity contribution >= 4 is 23.4 Å². The van der Waals surface area contributed by atoms with E-state index in [9.17, 15) is 0 Å². The van der Waals surface area contributed by atoms with Crippen LogP contribution in [0.25, 0.3) is 0 Å². The van der Waals surface area contributed by atoms with Gasteiger partial charge in [-0.2, -0.15) is 11.8 Å². The third-order valence-electron chi connectivity index (χ3n) is 2.60. The first kappa shape index (κ1) is 13.9. The molecule has 90 valence electrons. The molecule has 0 saturated carbocycles. The zero-order valence-corrected chi connectivity index (χ0v) is 11.6. The fraction of sp³-hybridized carbons (Fsp3) is 0.538. The number of halogens is 1. The van der Waals surface area contributed by atoms with Crippen LogP contribution >= 0.6 is 23.4 Å². The molecule has 0 aliphatic heterocycles. The molecule has 0 unspecified atom stereocenters. The second-order valence-corrected chi connectivity index (χ2v) is 5.35. The number of benzene rings is 1. The Balaban J connectivity index is 2.24. The zero-order chi connectivity index (χ0) is 11.8. The summed E-state index contributed by atoms with van der Waals surface area (Å²) in [5.41, 5.74) is 1.30. The number of rotatable bonds is 7. The van der Waals surface area contributed by atoms with Crippen molar-refractivity contribution in [2.24, 2.45) is 0 Å². The van der Waals surface area contributed by atoms with Crippen LogP contribution < -0.4 is 5.32 Å². The highest BCUT2D eigenvalue weighted by molar-refractivity contribution is 7.98. The molecule has 1 nitrogen and oxygen atoms in total. The summed E-state index contributed by atoms with van der Waals surface area (Å²) in [4.78, 5) is 0. The number of unbranched alkanes of at least 4 members (excludes halogenated alkanes) is 1. The molecule has 1 aromatic carbocycles. The molecule has 0 spiro atoms. The highest BCUT2D eigenvalue weighted by Crippen LogP contribution is 2.15. The predicted molar refractivity (Wildman–Crippen MR) is 75.5 cm³/mol. The van der Waals surface area contributed by atoms with Crippen LogP contribution in [-0.4, -0.2) is 18.6 Å². The highest BCUT2D eigenvalue weighted by atomic mass is 35.5. The molecular weight excluding hydrogens is 238 g/mol. The summed E-state index contributed by atoms with van der Waals surface area (Å²) >= 11 is 7.77. The third kappa shape index (κ3) is 5.24. The smallest absolute Gasteiger partial charge is 0.0406 e. The van der Waals surface area contributed by atoms with Crippen LogP contribution in [0, 0.1) is 0 Å². The van der Waals surface area contributed by atoms with Gasteiger partial charge in [0, 0.05) is 11.1 Å². The van der Waals surface area contributed by atoms with Crippen molar-refractivity contribution in [3.63, 3.8) is 0 Å². The topological polar surface area (TPSA) is 12.0 Å². The van der Waals surface area contributed by atoms with Crippen LogP contribution in [0.15, 0.2) is 24.3 Å². The first-order chi connectivity index (χ1) is 7.74. The minimum absolute atomic E-state index is 0.409. The number of hydrogen-bond acceptors (Lipinski definition) is 2. The molecule has 0 radical (unpaired) electrons. The lowest BCUT2D eigenvalue weighted by molar-refractivity contribution is 0.556. The van der Waals surface area contributed by atoms with Crippen LogP contribution in [0.4, 0.5) is 0 Å². The molecule has 0 aromatic heterocycles. The Morgan fingerprint density at radius 1 is 1.25 bits per heavy atom. The molecule has 0 saturated heterocycles. The van der Waals surface area contributed by atoms with E-state index < -0.39 is 0 Å². The minimum atomic E-state index is 0.409. The minimum Gasteiger partial charge on any atom is -0.310 e. The number of nitrogens with one attached hydrogen (secondary N) is 1. The molecule has 1 rings (SSSR count). The third-order valence-corrected chi connectivity index (χ3v) is 3.54. The van der Waals surface area contributed by atoms with E-state index in [0.29, 0.717) is 6.04 Å². The lowest BCUT2D eigenvalue weighted by atomic mass is 10.1. The Hall–Kier alpha value is -0.180. The van der Waals surface area contributed by atoms with Crippen molar-refractivity contribution in [3.05, 3.63) is 34.9 Å². The van der Waals surface area contributed by atoms with Crippen molar-refractivity contribution in [2.45, 2.75) is 25.8 Å². The van der Waals surface area contributed by atoms with Crippen molar-refractivity contribution in [2.75, 3.05) is 18.6 Å². The second kappa shape index (κ2) is 7.99. The number of hydrogen-bond donors (Lipinski definition) is 1. The summed E-state index contributed by atoms with van der Waals surface area (Å²) in [5, 5.41) is 4.33. The van der Waals surface area contributed by atoms with Crippen LogP contribution in [0.2, 0.25) is 5.02 Å². The standard InChI is InChI=1S/C13H20ClNS/c1-11(15-9-3-4-10-16-2)12-5-7-13(14)8-6-12/h5-8,11,15H,3-4,9-10H2,1-2H3/t11-/m0/s1. The average molecular weight is 258 g/mol. The predicted octanol–water partition coefficient (Wildman–Crippen LogP) is 4.13. The maximum Gasteiger partial charge on any atom is 0.0406 e. The molecule has 0 aliphatic rings. The molecule has 16 heavy (non-hydrogen) atoms. The molecule has 0 aliphatic carbocycles. The van der Waals surface area contributed by atoms with Gasteiger partial charge >= 0.3 is 0 Å². The maximum atomic E-state index is 5.86. The van der Waals surface area contributed by atoms with Gasteiger partial charge < -0.3 is 5.32 Å². The normalized spacial score (nSPS) is 12.7. The Morgan fingerprint density at radius 2 is 1.94 bits per heavy atom. The Bertz CT molecular complexity index is 286. The van der Waals surface area contributed by atoms with Crippen LogP contribution in [0.3, 0.4) is 0 Å². The average Bonchev–Trinajstić information content (AvgIpc) is 2.29. The van der Waals surface area contributed by atoms with Gasteiger partial charge in [-0.25, -0.2) is 0 Å². The van der Waals surface area contributed by atoms with E-state index in [1.165, 1.54) is 24.2 Å². The molecule has 0 amide bonds. The van der Waals surface area contributed by atoms with E-state index in [0.717, 1.165) is 11.6 Å². The van der Waals surface area contributed by atoms with Gasteiger partial charge in [-0.15, -0.1) is 0 Å². The van der Waals surface area contributed by atoms with Gasteiger partial charge in [0.15, 0.2) is 0 Å². The van der Waals surface area contributed by atoms with Crippen LogP contribution in [0.5, 0.6) is 0 Å². The van der Waals surface area contributed by atoms with Crippen LogP contribution in [0.1, 0.15) is 31.4 Å². The number of thioether (sulfide) groups is 1. The Morgan fingerprint density at radius 3 is 2.56 bits per heavy atom. The van der Waals surface area contributed by atoms with E-state index in [4.69, 9.17) is 11.6 Å². The van der Waals surface area contributed by atoms with E-state index >= 15 is 0 Å². The summed E-state index contributed by atoms with van der Waals surface area (Å²) in [6.07, 6.45) is 4.70. The summed E-state index contributed by atoms with van der Waals surface area (Å²) in [6, 6.07) is 8.47. The zero-order valence-electron chi connectivity index (χ0n) is 10.0. The molecule has 3 heteroatoms. The van der Waals surface area contributed by atoms with Gasteiger partial charge in [0.25, 0.3) is 0 Å². The lowest BCUT2D eigenvalue weighted by Gasteiger charge is -2.14. The van der Waals surface area contributed by atoms with Crippen molar-refractivity contribution in [1.82, 2.24) is 5.32 Å². The van der Waals surface area contributed by atoms with Gasteiger partial charge in [0.2, 0.25) is 0 Å². The van der Waals surface area contributed by atoms with Gasteiger partial charge in [-0.1, -0.05) is 23.7 Å². The van der Waals surface area contributed by atoms with E-state index in [2.05, 4.69) is 30.6 Å². The highest BCUT2D eigenvalue weighted by Gasteiger charge is 2.03. The molecule has 0 bridgehead atoms. The molecule has 0 heterocycles. The SMILES string of the molecule is CSCCCCN[C@@H](C)c1ccc(Cl)cc1. The summed E-state index contributed by atoms with van der Waals surface area (Å²) in [5.74, 6) is 1.26. The quantitative estimate of drug-likeness (QED) is 0.737. The summed E-state index contributed by atoms with van der Waals surface area (Å²) < 4.78 is 0. The van der Waals surface area contributed by atoms with Crippen LogP contribution in [-0.2, 0) is 0 Å². The van der Waals surface area contributed by atoms with Gasteiger partial charge in [-0.05, 0) is 56.0 Å². The maximum absolute atomic E-state index is 5.86. The first-order valence-electron chi connectivity index (χ1n) is 5.72. The molecule has 1 atom stereocenters. The van der Waals surface area contributed by atoms with Crippen molar-refractivity contribution < 1.29 is 0 Å². The fourth-order valence-electron chi connectivity index (χ4n) is 1.56. The van der Waals surface area contributed by atoms with Gasteiger partial charge in [0.1, 0.15) is 0 Å². The van der Waals surface area contributed by atoms with E-state index in [-0.39, 0.29) is 0 Å². The van der Waals surface area contributed by atoms with E-state index in [1.54, 1.807) is 0 Å². The van der Waals surface area contributed by atoms with Crippen molar-refractivity contribution in [1.29, 1.82) is 0 Å². The molecule has 1 aromatic rings. The largest absolute Gasteiger partial charge is 0.310 e. The van der Waals surface area contributed by atoms with Gasteiger partial charge in [-0.3, -0.25) is 0 Å². The lowest BCUT2D eigenvalue weighted by Crippen LogP contribution is -2.19.